The van der Waals surface area contributed by atoms with E-state index in [1.165, 1.54) is 97.5 Å². The van der Waals surface area contributed by atoms with Crippen LogP contribution < -0.4 is 26.0 Å². The van der Waals surface area contributed by atoms with E-state index in [2.05, 4.69) is 21.3 Å². The van der Waals surface area contributed by atoms with Gasteiger partial charge in [0, 0.05) is 62.5 Å². The third-order valence-electron chi connectivity index (χ3n) is 18.5. The van der Waals surface area contributed by atoms with E-state index in [0.29, 0.717) is 12.2 Å². The first-order chi connectivity index (χ1) is 45.9. The van der Waals surface area contributed by atoms with Crippen LogP contribution in [0.25, 0.3) is 6.08 Å². The van der Waals surface area contributed by atoms with Gasteiger partial charge in [0.1, 0.15) is 54.1 Å². The van der Waals surface area contributed by atoms with E-state index in [-0.39, 0.29) is 68.7 Å². The van der Waals surface area contributed by atoms with E-state index in [1.54, 1.807) is 79.8 Å². The van der Waals surface area contributed by atoms with Crippen molar-refractivity contribution in [2.75, 3.05) is 75.9 Å². The second-order valence-electron chi connectivity index (χ2n) is 29.5. The number of hydrogen-bond donors (Lipinski definition) is 5. The van der Waals surface area contributed by atoms with Crippen LogP contribution in [0.3, 0.4) is 0 Å². The summed E-state index contributed by atoms with van der Waals surface area (Å²) in [4.78, 5) is 157. The topological polar surface area (TPSA) is 306 Å². The molecule has 1 aliphatic heterocycles. The summed E-state index contributed by atoms with van der Waals surface area (Å²) in [6.45, 7) is 31.8. The number of amides is 10. The monoisotopic (exact) mass is 1420 g/mol. The average Bonchev–Trinajstić information content (AvgIpc) is 0.803. The highest BCUT2D eigenvalue weighted by atomic mass is 31.2. The molecule has 0 spiro atoms. The molecule has 2 unspecified atom stereocenters. The van der Waals surface area contributed by atoms with Crippen LogP contribution in [0.15, 0.2) is 30.3 Å². The van der Waals surface area contributed by atoms with E-state index < -0.39 is 164 Å². The standard InChI is InChI=1S/C72H126N11O15P/c1-27-54-68(90)77(19)40-59(84)78(20)55(36-42(3)4)66(88)76-60(46(11)12)71(93)79(21)56(37-43(5)6)65(87)74-50(17)64(86)75-51(18)67(89)80(22)57(38-44(7)8)69(91)81(23)58(39-45(9)10)70(92)82(24)61(47(13)14)72(94)83(25)62(49(16)73-54)63(85)48(15)30-29-31-52-32-34-53(35-33-52)97-41-99(95,96-26)98-28-2/h29,31-35,42-51,54-58,60-63,73,85H,27-28,30,36-41H2,1-26H3,(H,74,87)(H,75,86)(H,76,88)/t48-,49?,50+,51-,54+,55+,56+,57+,58+,60+,61+,62-,63-,99?/m1/s1. The molecule has 5 N–H and O–H groups in total. The van der Waals surface area contributed by atoms with E-state index in [4.69, 9.17) is 13.8 Å². The van der Waals surface area contributed by atoms with E-state index in [9.17, 15) is 43.2 Å². The minimum atomic E-state index is -3.45. The number of benzene rings is 1. The van der Waals surface area contributed by atoms with Crippen molar-refractivity contribution in [3.05, 3.63) is 35.9 Å². The molecule has 1 heterocycles. The molecule has 1 aliphatic rings. The van der Waals surface area contributed by atoms with E-state index in [0.717, 1.165) is 5.56 Å². The van der Waals surface area contributed by atoms with Crippen LogP contribution in [0.1, 0.15) is 169 Å². The predicted molar refractivity (Wildman–Crippen MR) is 385 cm³/mol. The number of aliphatic hydroxyl groups is 1. The molecule has 99 heavy (non-hydrogen) atoms. The van der Waals surface area contributed by atoms with Gasteiger partial charge in [-0.2, -0.15) is 0 Å². The van der Waals surface area contributed by atoms with Crippen molar-refractivity contribution in [3.8, 4) is 5.75 Å². The Hall–Kier alpha value is -6.47. The largest absolute Gasteiger partial charge is 0.481 e. The van der Waals surface area contributed by atoms with Crippen molar-refractivity contribution in [2.24, 2.45) is 41.4 Å². The second kappa shape index (κ2) is 40.8. The number of rotatable bonds is 22. The highest BCUT2D eigenvalue weighted by molar-refractivity contribution is 7.53. The van der Waals surface area contributed by atoms with Gasteiger partial charge in [0.2, 0.25) is 59.1 Å². The van der Waals surface area contributed by atoms with Crippen LogP contribution in [0.5, 0.6) is 5.75 Å². The number of aliphatic hydroxyl groups excluding tert-OH is 1. The molecule has 0 aromatic heterocycles. The maximum atomic E-state index is 15.6. The molecule has 0 saturated carbocycles. The van der Waals surface area contributed by atoms with Crippen molar-refractivity contribution in [1.29, 1.82) is 0 Å². The molecule has 10 amide bonds. The number of carbonyl (C=O) groups is 10. The summed E-state index contributed by atoms with van der Waals surface area (Å²) < 4.78 is 28.9. The van der Waals surface area contributed by atoms with Crippen LogP contribution in [0.2, 0.25) is 0 Å². The van der Waals surface area contributed by atoms with Crippen LogP contribution in [0, 0.1) is 41.4 Å². The molecular weight excluding hydrogens is 1290 g/mol. The highest BCUT2D eigenvalue weighted by Gasteiger charge is 2.45. The summed E-state index contributed by atoms with van der Waals surface area (Å²) in [7, 11) is 8.22. The molecular formula is C72H126N11O15P. The first-order valence-corrected chi connectivity index (χ1v) is 37.0. The fourth-order valence-electron chi connectivity index (χ4n) is 12.4. The summed E-state index contributed by atoms with van der Waals surface area (Å²) in [6.07, 6.45) is 3.34. The number of nitrogens with zero attached hydrogens (tertiary/aromatic N) is 7. The van der Waals surface area contributed by atoms with Crippen molar-refractivity contribution in [3.63, 3.8) is 0 Å². The number of allylic oxidation sites excluding steroid dienone is 1. The molecule has 27 heteroatoms. The van der Waals surface area contributed by atoms with Crippen molar-refractivity contribution < 1.29 is 71.4 Å². The molecule has 1 fully saturated rings. The molecule has 0 bridgehead atoms. The number of likely N-dealkylation sites (N-methyl/N-ethyl adjacent to an activating group) is 7. The van der Waals surface area contributed by atoms with Gasteiger partial charge in [-0.05, 0) is 125 Å². The van der Waals surface area contributed by atoms with Gasteiger partial charge in [-0.3, -0.25) is 52.5 Å². The Bertz CT molecular complexity index is 2910. The molecule has 1 aromatic rings. The lowest BCUT2D eigenvalue weighted by Crippen LogP contribution is -2.64. The Morgan fingerprint density at radius 1 is 0.556 bits per heavy atom. The lowest BCUT2D eigenvalue weighted by molar-refractivity contribution is -0.156. The minimum absolute atomic E-state index is 0.128. The van der Waals surface area contributed by atoms with Crippen LogP contribution >= 0.6 is 7.60 Å². The van der Waals surface area contributed by atoms with Gasteiger partial charge in [-0.15, -0.1) is 0 Å². The predicted octanol–water partition coefficient (Wildman–Crippen LogP) is 6.48. The summed E-state index contributed by atoms with van der Waals surface area (Å²) >= 11 is 0. The zero-order chi connectivity index (χ0) is 76.0. The molecule has 564 valence electrons. The summed E-state index contributed by atoms with van der Waals surface area (Å²) in [5.41, 5.74) is 0.786. The van der Waals surface area contributed by atoms with Gasteiger partial charge < -0.3 is 74.5 Å². The number of ether oxygens (including phenoxy) is 1. The third-order valence-corrected chi connectivity index (χ3v) is 20.1. The molecule has 0 aliphatic carbocycles. The van der Waals surface area contributed by atoms with Gasteiger partial charge in [-0.25, -0.2) is 0 Å². The fourth-order valence-corrected chi connectivity index (χ4v) is 13.4. The highest BCUT2D eigenvalue weighted by Crippen LogP contribution is 2.47. The normalized spacial score (nSPS) is 26.2. The van der Waals surface area contributed by atoms with Crippen molar-refractivity contribution >= 4 is 72.7 Å². The summed E-state index contributed by atoms with van der Waals surface area (Å²) in [5, 5.41) is 24.5. The lowest BCUT2D eigenvalue weighted by atomic mass is 9.88. The van der Waals surface area contributed by atoms with Crippen LogP contribution in [0.4, 0.5) is 0 Å². The van der Waals surface area contributed by atoms with Gasteiger partial charge in [-0.1, -0.05) is 121 Å². The van der Waals surface area contributed by atoms with E-state index in [1.807, 2.05) is 74.5 Å². The second-order valence-corrected chi connectivity index (χ2v) is 31.6. The quantitative estimate of drug-likeness (QED) is 0.0776. The van der Waals surface area contributed by atoms with Crippen LogP contribution in [-0.2, 0) is 61.6 Å². The zero-order valence-corrected chi connectivity index (χ0v) is 65.4. The van der Waals surface area contributed by atoms with Gasteiger partial charge in [0.25, 0.3) is 0 Å². The molecule has 26 nitrogen and oxygen atoms in total. The molecule has 14 atom stereocenters. The Balaban J connectivity index is 2.97. The Morgan fingerprint density at radius 3 is 1.49 bits per heavy atom. The minimum Gasteiger partial charge on any atom is -0.481 e. The molecule has 1 saturated heterocycles. The van der Waals surface area contributed by atoms with Gasteiger partial charge in [0.05, 0.1) is 31.3 Å². The molecule has 0 radical (unpaired) electrons. The summed E-state index contributed by atoms with van der Waals surface area (Å²) in [5.74, 6) is -7.74. The Kier molecular flexibility index (Phi) is 36.6. The smallest absolute Gasteiger partial charge is 0.367 e. The van der Waals surface area contributed by atoms with Gasteiger partial charge >= 0.3 is 7.60 Å². The average molecular weight is 1420 g/mol. The SMILES string of the molecule is CCOP(=O)(COc1ccc(C=CC[C@@H](C)[C@@H](O)[C@H]2C(C)N[C@@H](CC)C(=O)N(C)CC(=O)N(C)[C@@H](CC(C)C)C(=O)N[C@@H](C(C)C)C(=O)N(C)[C@@H](CC(C)C)C(=O)N[C@@H](C)C(=O)N[C@H](C)C(=O)N(C)[C@@H](CC(C)C)C(=O)N(C)[C@@H](CC(C)C)C(=O)N(C)[C@@H](C(C)C)C(=O)N2C)cc1)OC. The lowest BCUT2D eigenvalue weighted by Gasteiger charge is -2.44. The van der Waals surface area contributed by atoms with Crippen LogP contribution in [-0.4, -0.2) is 247 Å². The first-order valence-electron chi connectivity index (χ1n) is 35.3. The zero-order valence-electron chi connectivity index (χ0n) is 64.5. The maximum Gasteiger partial charge on any atom is 0.367 e. The van der Waals surface area contributed by atoms with E-state index >= 15 is 14.4 Å². The van der Waals surface area contributed by atoms with Crippen molar-refractivity contribution in [2.45, 2.75) is 236 Å². The Labute approximate surface area is 592 Å². The molecule has 1 aromatic carbocycles. The van der Waals surface area contributed by atoms with Gasteiger partial charge in [0.15, 0.2) is 6.35 Å². The first kappa shape index (κ1) is 88.6. The number of nitrogens with one attached hydrogen (secondary N) is 4. The Morgan fingerprint density at radius 2 is 1.02 bits per heavy atom. The third kappa shape index (κ3) is 25.8. The molecule has 2 rings (SSSR count). The summed E-state index contributed by atoms with van der Waals surface area (Å²) in [6, 6.07) is -5.22. The maximum absolute atomic E-state index is 15.6. The van der Waals surface area contributed by atoms with Crippen molar-refractivity contribution in [1.82, 2.24) is 55.6 Å². The number of carbonyl (C=O) groups excluding carboxylic acids is 10. The number of hydrogen-bond acceptors (Lipinski definition) is 16. The fraction of sp³-hybridized carbons (Fsp3) is 0.750.